The first kappa shape index (κ1) is 13.9. The highest BCUT2D eigenvalue weighted by molar-refractivity contribution is 8.06. The number of thioether (sulfide) groups is 2. The summed E-state index contributed by atoms with van der Waals surface area (Å²) in [5, 5.41) is 1.39. The number of nitrogens with zero attached hydrogens (tertiary/aromatic N) is 2. The van der Waals surface area contributed by atoms with Crippen LogP contribution in [0.4, 0.5) is 0 Å². The molecule has 2 nitrogen and oxygen atoms in total. The van der Waals surface area contributed by atoms with Crippen molar-refractivity contribution in [3.05, 3.63) is 29.0 Å². The molecular weight excluding hydrogens is 319 g/mol. The van der Waals surface area contributed by atoms with Gasteiger partial charge in [0.05, 0.1) is 16.9 Å². The van der Waals surface area contributed by atoms with Crippen molar-refractivity contribution in [1.82, 2.24) is 9.55 Å². The highest BCUT2D eigenvalue weighted by Gasteiger charge is 2.18. The van der Waals surface area contributed by atoms with Crippen LogP contribution in [0.1, 0.15) is 5.82 Å². The highest BCUT2D eigenvalue weighted by Crippen LogP contribution is 2.28. The van der Waals surface area contributed by atoms with Crippen LogP contribution < -0.4 is 0 Å². The summed E-state index contributed by atoms with van der Waals surface area (Å²) in [6.45, 7) is 0.969. The topological polar surface area (TPSA) is 17.8 Å². The Balaban J connectivity index is 1.97. The Labute approximate surface area is 131 Å². The molecule has 102 valence electrons. The SMILES string of the molecule is ClCc1nc2ccc(Cl)cc2n1CC1CSCCS1. The second-order valence-corrected chi connectivity index (χ2v) is 7.73. The first-order valence-corrected chi connectivity index (χ1v) is 9.29. The zero-order valence-corrected chi connectivity index (χ0v) is 13.5. The number of halogens is 2. The molecule has 6 heteroatoms. The Hall–Kier alpha value is -0.0300. The van der Waals surface area contributed by atoms with E-state index in [1.807, 2.05) is 41.7 Å². The summed E-state index contributed by atoms with van der Waals surface area (Å²) in [7, 11) is 0. The number of fused-ring (bicyclic) bond motifs is 1. The largest absolute Gasteiger partial charge is 0.326 e. The van der Waals surface area contributed by atoms with Gasteiger partial charge >= 0.3 is 0 Å². The summed E-state index contributed by atoms with van der Waals surface area (Å²) in [4.78, 5) is 4.59. The van der Waals surface area contributed by atoms with Gasteiger partial charge in [-0.2, -0.15) is 23.5 Å². The fraction of sp³-hybridized carbons (Fsp3) is 0.462. The summed E-state index contributed by atoms with van der Waals surface area (Å²) in [5.41, 5.74) is 2.08. The number of hydrogen-bond donors (Lipinski definition) is 0. The fourth-order valence-corrected chi connectivity index (χ4v) is 5.32. The summed E-state index contributed by atoms with van der Waals surface area (Å²) >= 11 is 16.2. The Morgan fingerprint density at radius 2 is 2.26 bits per heavy atom. The van der Waals surface area contributed by atoms with Crippen LogP contribution in [0.3, 0.4) is 0 Å². The third-order valence-corrected chi connectivity index (χ3v) is 6.48. The van der Waals surface area contributed by atoms with Gasteiger partial charge < -0.3 is 4.57 Å². The van der Waals surface area contributed by atoms with E-state index in [4.69, 9.17) is 23.2 Å². The van der Waals surface area contributed by atoms with Crippen molar-refractivity contribution in [2.24, 2.45) is 0 Å². The Morgan fingerprint density at radius 1 is 1.37 bits per heavy atom. The zero-order valence-electron chi connectivity index (χ0n) is 10.3. The quantitative estimate of drug-likeness (QED) is 0.781. The minimum atomic E-state index is 0.441. The second-order valence-electron chi connectivity index (χ2n) is 4.47. The minimum Gasteiger partial charge on any atom is -0.326 e. The van der Waals surface area contributed by atoms with Crippen molar-refractivity contribution in [3.8, 4) is 0 Å². The van der Waals surface area contributed by atoms with E-state index in [-0.39, 0.29) is 0 Å². The minimum absolute atomic E-state index is 0.441. The lowest BCUT2D eigenvalue weighted by atomic mass is 10.3. The highest BCUT2D eigenvalue weighted by atomic mass is 35.5. The number of imidazole rings is 1. The van der Waals surface area contributed by atoms with Gasteiger partial charge in [0, 0.05) is 34.1 Å². The molecule has 1 unspecified atom stereocenters. The summed E-state index contributed by atoms with van der Waals surface area (Å²) in [6, 6.07) is 5.83. The van der Waals surface area contributed by atoms with Crippen LogP contribution in [-0.4, -0.2) is 32.1 Å². The maximum Gasteiger partial charge on any atom is 0.124 e. The fourth-order valence-electron chi connectivity index (χ4n) is 2.30. The normalized spacial score (nSPS) is 20.0. The average molecular weight is 333 g/mol. The van der Waals surface area contributed by atoms with Gasteiger partial charge in [-0.05, 0) is 18.2 Å². The number of aromatic nitrogens is 2. The second kappa shape index (κ2) is 6.17. The lowest BCUT2D eigenvalue weighted by Gasteiger charge is -2.22. The molecule has 1 aromatic carbocycles. The standard InChI is InChI=1S/C13H14Cl2N2S2/c14-6-13-16-11-2-1-9(15)5-12(11)17(13)7-10-8-18-3-4-19-10/h1-2,5,10H,3-4,6-8H2. The number of alkyl halides is 1. The van der Waals surface area contributed by atoms with Crippen LogP contribution >= 0.6 is 46.7 Å². The maximum atomic E-state index is 6.10. The van der Waals surface area contributed by atoms with E-state index < -0.39 is 0 Å². The third-order valence-electron chi connectivity index (χ3n) is 3.18. The van der Waals surface area contributed by atoms with Crippen molar-refractivity contribution in [1.29, 1.82) is 0 Å². The molecule has 1 aliphatic rings. The molecule has 1 atom stereocenters. The van der Waals surface area contributed by atoms with Crippen LogP contribution in [0.2, 0.25) is 5.02 Å². The van der Waals surface area contributed by atoms with E-state index in [1.54, 1.807) is 0 Å². The Bertz CT molecular complexity index is 579. The molecule has 0 radical (unpaired) electrons. The van der Waals surface area contributed by atoms with E-state index >= 15 is 0 Å². The van der Waals surface area contributed by atoms with E-state index in [9.17, 15) is 0 Å². The molecule has 0 saturated carbocycles. The molecular formula is C13H14Cl2N2S2. The number of hydrogen-bond acceptors (Lipinski definition) is 3. The maximum absolute atomic E-state index is 6.10. The lowest BCUT2D eigenvalue weighted by Crippen LogP contribution is -2.21. The van der Waals surface area contributed by atoms with Gasteiger partial charge in [-0.3, -0.25) is 0 Å². The smallest absolute Gasteiger partial charge is 0.124 e. The molecule has 3 rings (SSSR count). The molecule has 1 saturated heterocycles. The first-order chi connectivity index (χ1) is 9.28. The third kappa shape index (κ3) is 3.02. The molecule has 1 aromatic heterocycles. The predicted octanol–water partition coefficient (Wildman–Crippen LogP) is 4.28. The van der Waals surface area contributed by atoms with Gasteiger partial charge in [-0.25, -0.2) is 4.98 Å². The summed E-state index contributed by atoms with van der Waals surface area (Å²) < 4.78 is 2.23. The summed E-state index contributed by atoms with van der Waals surface area (Å²) in [6.07, 6.45) is 0. The number of rotatable bonds is 3. The van der Waals surface area contributed by atoms with Crippen molar-refractivity contribution < 1.29 is 0 Å². The van der Waals surface area contributed by atoms with Crippen molar-refractivity contribution in [3.63, 3.8) is 0 Å². The van der Waals surface area contributed by atoms with Gasteiger partial charge in [-0.1, -0.05) is 11.6 Å². The Kier molecular flexibility index (Phi) is 4.52. The summed E-state index contributed by atoms with van der Waals surface area (Å²) in [5.74, 6) is 5.08. The average Bonchev–Trinajstić information content (AvgIpc) is 2.78. The van der Waals surface area contributed by atoms with Crippen molar-refractivity contribution >= 4 is 57.8 Å². The molecule has 0 spiro atoms. The molecule has 2 heterocycles. The van der Waals surface area contributed by atoms with Gasteiger partial charge in [0.15, 0.2) is 0 Å². The van der Waals surface area contributed by atoms with Crippen LogP contribution in [-0.2, 0) is 12.4 Å². The molecule has 0 bridgehead atoms. The van der Waals surface area contributed by atoms with Gasteiger partial charge in [0.2, 0.25) is 0 Å². The first-order valence-electron chi connectivity index (χ1n) is 6.18. The number of benzene rings is 1. The zero-order chi connectivity index (χ0) is 13.2. The van der Waals surface area contributed by atoms with Gasteiger partial charge in [-0.15, -0.1) is 11.6 Å². The molecule has 19 heavy (non-hydrogen) atoms. The van der Waals surface area contributed by atoms with Crippen LogP contribution in [0.25, 0.3) is 11.0 Å². The van der Waals surface area contributed by atoms with E-state index in [0.29, 0.717) is 11.1 Å². The lowest BCUT2D eigenvalue weighted by molar-refractivity contribution is 0.687. The van der Waals surface area contributed by atoms with Crippen molar-refractivity contribution in [2.75, 3.05) is 17.3 Å². The molecule has 1 aliphatic heterocycles. The van der Waals surface area contributed by atoms with Crippen molar-refractivity contribution in [2.45, 2.75) is 17.7 Å². The molecule has 0 amide bonds. The van der Waals surface area contributed by atoms with Crippen LogP contribution in [0, 0.1) is 0 Å². The van der Waals surface area contributed by atoms with Crippen LogP contribution in [0.15, 0.2) is 18.2 Å². The predicted molar refractivity (Wildman–Crippen MR) is 87.9 cm³/mol. The van der Waals surface area contributed by atoms with E-state index in [0.717, 1.165) is 28.4 Å². The van der Waals surface area contributed by atoms with Gasteiger partial charge in [0.25, 0.3) is 0 Å². The van der Waals surface area contributed by atoms with Crippen LogP contribution in [0.5, 0.6) is 0 Å². The molecule has 0 N–H and O–H groups in total. The Morgan fingerprint density at radius 3 is 3.00 bits per heavy atom. The monoisotopic (exact) mass is 332 g/mol. The van der Waals surface area contributed by atoms with E-state index in [2.05, 4.69) is 9.55 Å². The molecule has 2 aromatic rings. The van der Waals surface area contributed by atoms with Gasteiger partial charge in [0.1, 0.15) is 5.82 Å². The molecule has 0 aliphatic carbocycles. The van der Waals surface area contributed by atoms with E-state index in [1.165, 1.54) is 17.3 Å². The molecule has 1 fully saturated rings.